The third-order valence-corrected chi connectivity index (χ3v) is 22.1. The summed E-state index contributed by atoms with van der Waals surface area (Å²) in [4.78, 5) is 26.2. The molecule has 1 unspecified atom stereocenters. The van der Waals surface area contributed by atoms with Crippen molar-refractivity contribution in [1.82, 2.24) is 0 Å². The largest absolute Gasteiger partial charge is 0.490 e. The first kappa shape index (κ1) is 94.6. The molecule has 102 heavy (non-hydrogen) atoms. The molecular weight excluding hydrogens is 1260 g/mol. The highest BCUT2D eigenvalue weighted by atomic mass is 16.5. The predicted molar refractivity (Wildman–Crippen MR) is 440 cm³/mol. The lowest BCUT2D eigenvalue weighted by molar-refractivity contribution is -0.147. The number of hydrogen-bond acceptors (Lipinski definition) is 7. The van der Waals surface area contributed by atoms with Crippen molar-refractivity contribution in [2.24, 2.45) is 11.7 Å². The molecule has 0 spiro atoms. The first-order valence-electron chi connectivity index (χ1n) is 45.2. The molecular formula is C93H169NO8. The van der Waals surface area contributed by atoms with Crippen LogP contribution in [-0.4, -0.2) is 54.1 Å². The van der Waals surface area contributed by atoms with E-state index >= 15 is 0 Å². The van der Waals surface area contributed by atoms with Gasteiger partial charge in [-0.15, -0.1) is 0 Å². The molecule has 2 aromatic rings. The van der Waals surface area contributed by atoms with E-state index in [1.165, 1.54) is 360 Å². The molecule has 2 aromatic carbocycles. The van der Waals surface area contributed by atoms with Gasteiger partial charge in [0.05, 0.1) is 32.3 Å². The summed E-state index contributed by atoms with van der Waals surface area (Å²) < 4.78 is 25.9. The number of carbonyl (C=O) groups is 2. The number of benzene rings is 2. The molecule has 594 valence electrons. The summed E-state index contributed by atoms with van der Waals surface area (Å²) in [7, 11) is 0. The molecule has 9 heteroatoms. The third-order valence-electron chi connectivity index (χ3n) is 22.1. The Balaban J connectivity index is 2.01. The molecule has 4 N–H and O–H groups in total. The van der Waals surface area contributed by atoms with Crippen molar-refractivity contribution in [2.75, 3.05) is 26.4 Å². The molecule has 2 atom stereocenters. The maximum Gasteiger partial charge on any atom is 0.323 e. The van der Waals surface area contributed by atoms with Gasteiger partial charge >= 0.3 is 11.9 Å². The van der Waals surface area contributed by atoms with E-state index in [4.69, 9.17) is 24.7 Å². The molecule has 0 radical (unpaired) electrons. The highest BCUT2D eigenvalue weighted by molar-refractivity contribution is 5.80. The van der Waals surface area contributed by atoms with Crippen molar-refractivity contribution in [1.29, 1.82) is 0 Å². The van der Waals surface area contributed by atoms with E-state index in [-0.39, 0.29) is 19.3 Å². The fourth-order valence-corrected chi connectivity index (χ4v) is 15.0. The van der Waals surface area contributed by atoms with Crippen LogP contribution in [0.4, 0.5) is 0 Å². The maximum atomic E-state index is 13.2. The number of carboxylic acids is 2. The monoisotopic (exact) mass is 1430 g/mol. The Hall–Kier alpha value is -3.46. The molecule has 0 fully saturated rings. The lowest BCUT2D eigenvalue weighted by Gasteiger charge is -2.28. The number of unbranched alkanes of at least 4 members (excludes halogenated alkanes) is 60. The van der Waals surface area contributed by atoms with Gasteiger partial charge in [-0.2, -0.15) is 0 Å². The third kappa shape index (κ3) is 56.8. The van der Waals surface area contributed by atoms with Crippen molar-refractivity contribution >= 4 is 11.9 Å². The fourth-order valence-electron chi connectivity index (χ4n) is 15.0. The van der Waals surface area contributed by atoms with Crippen LogP contribution in [0.3, 0.4) is 0 Å². The Labute approximate surface area is 632 Å². The first-order valence-corrected chi connectivity index (χ1v) is 45.2. The Morgan fingerprint density at radius 2 is 0.510 bits per heavy atom. The predicted octanol–water partition coefficient (Wildman–Crippen LogP) is 29.7. The average molecular weight is 1430 g/mol. The number of nitrogens with two attached hydrogens (primary N) is 1. The van der Waals surface area contributed by atoms with E-state index in [0.29, 0.717) is 50.8 Å². The van der Waals surface area contributed by atoms with Crippen LogP contribution in [0.2, 0.25) is 0 Å². The molecule has 9 nitrogen and oxygen atoms in total. The average Bonchev–Trinajstić information content (AvgIpc) is 0.842. The zero-order chi connectivity index (χ0) is 73.4. The van der Waals surface area contributed by atoms with Crippen molar-refractivity contribution in [3.63, 3.8) is 0 Å². The molecule has 0 heterocycles. The Morgan fingerprint density at radius 3 is 0.725 bits per heavy atom. The molecule has 0 aromatic heterocycles. The smallest absolute Gasteiger partial charge is 0.323 e. The molecule has 0 aliphatic heterocycles. The number of hydrogen-bond donors (Lipinski definition) is 3. The molecule has 0 aliphatic carbocycles. The molecule has 0 bridgehead atoms. The van der Waals surface area contributed by atoms with Gasteiger partial charge in [-0.05, 0) is 93.2 Å². The molecule has 0 amide bonds. The van der Waals surface area contributed by atoms with E-state index in [1.54, 1.807) is 0 Å². The van der Waals surface area contributed by atoms with Crippen LogP contribution in [0.1, 0.15) is 469 Å². The van der Waals surface area contributed by atoms with Crippen molar-refractivity contribution in [2.45, 2.75) is 476 Å². The highest BCUT2D eigenvalue weighted by Gasteiger charge is 2.38. The molecule has 0 saturated heterocycles. The highest BCUT2D eigenvalue weighted by Crippen LogP contribution is 2.34. The van der Waals surface area contributed by atoms with Crippen LogP contribution < -0.4 is 24.7 Å². The quantitative estimate of drug-likeness (QED) is 0.0553. The molecule has 0 aliphatic rings. The SMILES string of the molecule is CCCCCCCCCCCCCCCCCCOc1ccc(CCC(C[C@@](N)(CCc2ccc(OCCCCCCCCCCCCCCCCCC)c(OCCCCCCCCCCCCCCCCCC)c2)C(=O)O)C(=O)O)cc1OCCCCCCCCCCCCCCCCCC. The summed E-state index contributed by atoms with van der Waals surface area (Å²) in [6.07, 6.45) is 85.6. The van der Waals surface area contributed by atoms with Gasteiger partial charge in [-0.3, -0.25) is 9.59 Å². The van der Waals surface area contributed by atoms with E-state index in [0.717, 1.165) is 74.0 Å². The standard InChI is InChI=1S/C93H169NO8/c1-5-9-13-17-21-25-29-33-37-41-45-49-53-57-61-65-77-99-87-73-70-84(81-89(87)101-79-67-63-59-55-51-47-43-39-35-31-27-23-19-15-11-7-3)69-72-86(91(95)96)83-93(94,92(97)98)76-75-85-71-74-88(100-78-66-62-58-54-50-46-42-38-34-30-26-22-18-14-10-6-2)90(82-85)102-80-68-64-60-56-52-48-44-40-36-32-28-24-20-16-12-8-4/h70-71,73-74,81-82,86H,5-69,72,75-80,83,94H2,1-4H3,(H,95,96)(H,97,98)/t86?,93-/m0/s1. The van der Waals surface area contributed by atoms with Gasteiger partial charge in [-0.1, -0.05) is 425 Å². The first-order chi connectivity index (χ1) is 50.2. The minimum Gasteiger partial charge on any atom is -0.490 e. The van der Waals surface area contributed by atoms with Gasteiger partial charge in [0.25, 0.3) is 0 Å². The number of aliphatic carboxylic acids is 2. The van der Waals surface area contributed by atoms with Gasteiger partial charge < -0.3 is 34.9 Å². The van der Waals surface area contributed by atoms with Crippen LogP contribution in [0.5, 0.6) is 23.0 Å². The molecule has 2 rings (SSSR count). The second-order valence-electron chi connectivity index (χ2n) is 31.9. The Bertz CT molecular complexity index is 2130. The summed E-state index contributed by atoms with van der Waals surface area (Å²) in [5.74, 6) is -0.296. The van der Waals surface area contributed by atoms with Gasteiger partial charge in [0, 0.05) is 0 Å². The number of rotatable bonds is 82. The van der Waals surface area contributed by atoms with E-state index in [2.05, 4.69) is 27.7 Å². The van der Waals surface area contributed by atoms with Crippen molar-refractivity contribution < 1.29 is 38.7 Å². The minimum atomic E-state index is -1.74. The summed E-state index contributed by atoms with van der Waals surface area (Å²) in [5.41, 5.74) is 6.93. The summed E-state index contributed by atoms with van der Waals surface area (Å²) in [5, 5.41) is 21.4. The summed E-state index contributed by atoms with van der Waals surface area (Å²) >= 11 is 0. The molecule has 0 saturated carbocycles. The second kappa shape index (κ2) is 71.8. The lowest BCUT2D eigenvalue weighted by atomic mass is 9.81. The van der Waals surface area contributed by atoms with Gasteiger partial charge in [0.2, 0.25) is 0 Å². The van der Waals surface area contributed by atoms with Crippen LogP contribution in [0.15, 0.2) is 36.4 Å². The van der Waals surface area contributed by atoms with Crippen molar-refractivity contribution in [3.8, 4) is 23.0 Å². The zero-order valence-corrected chi connectivity index (χ0v) is 68.1. The van der Waals surface area contributed by atoms with Crippen LogP contribution >= 0.6 is 0 Å². The lowest BCUT2D eigenvalue weighted by Crippen LogP contribution is -2.50. The summed E-state index contributed by atoms with van der Waals surface area (Å²) in [6, 6.07) is 12.0. The van der Waals surface area contributed by atoms with Gasteiger partial charge in [0.1, 0.15) is 5.54 Å². The van der Waals surface area contributed by atoms with E-state index in [1.807, 2.05) is 36.4 Å². The van der Waals surface area contributed by atoms with Gasteiger partial charge in [-0.25, -0.2) is 0 Å². The minimum absolute atomic E-state index is 0.0901. The Kier molecular flexibility index (Phi) is 66.6. The van der Waals surface area contributed by atoms with Gasteiger partial charge in [0.15, 0.2) is 23.0 Å². The van der Waals surface area contributed by atoms with Crippen LogP contribution in [0, 0.1) is 5.92 Å². The Morgan fingerprint density at radius 1 is 0.304 bits per heavy atom. The fraction of sp³-hybridized carbons (Fsp3) is 0.849. The van der Waals surface area contributed by atoms with Crippen LogP contribution in [0.25, 0.3) is 0 Å². The topological polar surface area (TPSA) is 138 Å². The second-order valence-corrected chi connectivity index (χ2v) is 31.9. The normalized spacial score (nSPS) is 12.5. The maximum absolute atomic E-state index is 13.2. The van der Waals surface area contributed by atoms with E-state index in [9.17, 15) is 19.8 Å². The van der Waals surface area contributed by atoms with Crippen molar-refractivity contribution in [3.05, 3.63) is 47.5 Å². The zero-order valence-electron chi connectivity index (χ0n) is 68.1. The van der Waals surface area contributed by atoms with E-state index < -0.39 is 23.4 Å². The van der Waals surface area contributed by atoms with Crippen LogP contribution in [-0.2, 0) is 22.4 Å². The summed E-state index contributed by atoms with van der Waals surface area (Å²) in [6.45, 7) is 11.6. The number of aryl methyl sites for hydroxylation is 2. The number of ether oxygens (including phenoxy) is 4. The number of carboxylic acid groups (broad SMARTS) is 2.